The lowest BCUT2D eigenvalue weighted by molar-refractivity contribution is -0.564. The molecule has 2 saturated carbocycles. The highest BCUT2D eigenvalue weighted by Crippen LogP contribution is 2.42. The van der Waals surface area contributed by atoms with E-state index in [0.717, 1.165) is 25.7 Å². The van der Waals surface area contributed by atoms with Gasteiger partial charge in [-0.2, -0.15) is 0 Å². The van der Waals surface area contributed by atoms with Crippen LogP contribution in [0.2, 0.25) is 0 Å². The van der Waals surface area contributed by atoms with Gasteiger partial charge in [0, 0.05) is 34.5 Å². The van der Waals surface area contributed by atoms with Crippen molar-refractivity contribution in [1.82, 2.24) is 0 Å². The average molecular weight is 228 g/mol. The quantitative estimate of drug-likeness (QED) is 0.533. The van der Waals surface area contributed by atoms with Gasteiger partial charge in [0.25, 0.3) is 0 Å². The maximum Gasteiger partial charge on any atom is 0.216 e. The van der Waals surface area contributed by atoms with Gasteiger partial charge >= 0.3 is 0 Å². The molecule has 2 rings (SSSR count). The first-order valence-corrected chi connectivity index (χ1v) is 5.88. The lowest BCUT2D eigenvalue weighted by Crippen LogP contribution is -2.47. The molecule has 0 aromatic rings. The largest absolute Gasteiger partial charge is 0.264 e. The lowest BCUT2D eigenvalue weighted by atomic mass is 9.66. The Morgan fingerprint density at radius 2 is 1.12 bits per heavy atom. The molecule has 0 unspecified atom stereocenters. The second-order valence-corrected chi connectivity index (χ2v) is 4.89. The maximum atomic E-state index is 10.9. The third-order valence-corrected chi connectivity index (χ3v) is 4.15. The van der Waals surface area contributed by atoms with Gasteiger partial charge in [0.15, 0.2) is 0 Å². The van der Waals surface area contributed by atoms with Crippen LogP contribution in [0.5, 0.6) is 0 Å². The van der Waals surface area contributed by atoms with Crippen LogP contribution in [-0.4, -0.2) is 21.9 Å². The first-order chi connectivity index (χ1) is 7.61. The Kier molecular flexibility index (Phi) is 3.07. The summed E-state index contributed by atoms with van der Waals surface area (Å²) in [5.74, 6) is -0.124. The minimum atomic E-state index is -0.540. The van der Waals surface area contributed by atoms with Crippen LogP contribution in [0.25, 0.3) is 0 Å². The molecule has 0 N–H and O–H groups in total. The van der Waals surface area contributed by atoms with Crippen LogP contribution >= 0.6 is 0 Å². The summed E-state index contributed by atoms with van der Waals surface area (Å²) < 4.78 is 0. The Balaban J connectivity index is 2.17. The molecule has 0 aromatic carbocycles. The van der Waals surface area contributed by atoms with Crippen molar-refractivity contribution in [3.8, 4) is 0 Å². The summed E-state index contributed by atoms with van der Waals surface area (Å²) in [6, 6.07) is -1.08. The molecule has 0 saturated heterocycles. The zero-order valence-electron chi connectivity index (χ0n) is 9.08. The molecule has 0 spiro atoms. The van der Waals surface area contributed by atoms with Gasteiger partial charge in [-0.1, -0.05) is 0 Å². The Labute approximate surface area is 93.3 Å². The van der Waals surface area contributed by atoms with E-state index in [1.807, 2.05) is 0 Å². The standard InChI is InChI=1S/C10H16N2O4/c13-11(14)9-5-1-3-7-8(9)4-2-6-10(7)12(15)16/h7-10H,1-6H2/t7-,8+,9-,10-/m1/s1. The van der Waals surface area contributed by atoms with Crippen LogP contribution in [0.1, 0.15) is 38.5 Å². The molecular formula is C10H16N2O4. The second-order valence-electron chi connectivity index (χ2n) is 4.89. The predicted octanol–water partition coefficient (Wildman–Crippen LogP) is 1.88. The highest BCUT2D eigenvalue weighted by atomic mass is 16.6. The van der Waals surface area contributed by atoms with Gasteiger partial charge in [0.2, 0.25) is 12.1 Å². The van der Waals surface area contributed by atoms with Crippen molar-refractivity contribution < 1.29 is 9.85 Å². The predicted molar refractivity (Wildman–Crippen MR) is 56.2 cm³/mol. The summed E-state index contributed by atoms with van der Waals surface area (Å²) >= 11 is 0. The molecule has 0 amide bonds. The van der Waals surface area contributed by atoms with E-state index in [0.29, 0.717) is 12.8 Å². The molecule has 0 aliphatic heterocycles. The fraction of sp³-hybridized carbons (Fsp3) is 1.00. The number of hydrogen-bond acceptors (Lipinski definition) is 4. The second kappa shape index (κ2) is 4.35. The minimum Gasteiger partial charge on any atom is -0.264 e. The minimum absolute atomic E-state index is 0.0621. The van der Waals surface area contributed by atoms with Crippen molar-refractivity contribution in [3.63, 3.8) is 0 Å². The van der Waals surface area contributed by atoms with Gasteiger partial charge < -0.3 is 0 Å². The number of fused-ring (bicyclic) bond motifs is 1. The van der Waals surface area contributed by atoms with Gasteiger partial charge in [-0.15, -0.1) is 0 Å². The van der Waals surface area contributed by atoms with E-state index >= 15 is 0 Å². The fourth-order valence-corrected chi connectivity index (χ4v) is 3.46. The maximum absolute atomic E-state index is 10.9. The Morgan fingerprint density at radius 1 is 0.750 bits per heavy atom. The third kappa shape index (κ3) is 1.88. The van der Waals surface area contributed by atoms with Crippen molar-refractivity contribution >= 4 is 0 Å². The average Bonchev–Trinajstić information content (AvgIpc) is 2.27. The van der Waals surface area contributed by atoms with Crippen LogP contribution in [0.15, 0.2) is 0 Å². The molecule has 0 bridgehead atoms. The Bertz CT molecular complexity index is 277. The van der Waals surface area contributed by atoms with Crippen LogP contribution in [-0.2, 0) is 0 Å². The normalized spacial score (nSPS) is 38.8. The first kappa shape index (κ1) is 11.3. The summed E-state index contributed by atoms with van der Waals surface area (Å²) in [6.45, 7) is 0. The van der Waals surface area contributed by atoms with Crippen LogP contribution < -0.4 is 0 Å². The highest BCUT2D eigenvalue weighted by molar-refractivity contribution is 4.90. The molecule has 16 heavy (non-hydrogen) atoms. The Morgan fingerprint density at radius 3 is 1.44 bits per heavy atom. The Hall–Kier alpha value is -1.20. The molecule has 90 valence electrons. The van der Waals surface area contributed by atoms with E-state index in [9.17, 15) is 20.2 Å². The van der Waals surface area contributed by atoms with Crippen LogP contribution in [0.3, 0.4) is 0 Å². The fourth-order valence-electron chi connectivity index (χ4n) is 3.46. The van der Waals surface area contributed by atoms with Crippen molar-refractivity contribution in [2.75, 3.05) is 0 Å². The lowest BCUT2D eigenvalue weighted by Gasteiger charge is -2.37. The van der Waals surface area contributed by atoms with Gasteiger partial charge in [-0.05, 0) is 25.7 Å². The van der Waals surface area contributed by atoms with Crippen LogP contribution in [0.4, 0.5) is 0 Å². The first-order valence-electron chi connectivity index (χ1n) is 5.88. The SMILES string of the molecule is O=[N+]([O-])[C@@H]1CCC[C@H]2[C@H]1CCC[C@H]2[N+](=O)[O-]. The van der Waals surface area contributed by atoms with Crippen molar-refractivity contribution in [3.05, 3.63) is 20.2 Å². The molecule has 0 radical (unpaired) electrons. The molecule has 0 heterocycles. The summed E-state index contributed by atoms with van der Waals surface area (Å²) in [6.07, 6.45) is 4.30. The number of hydrogen-bond donors (Lipinski definition) is 0. The topological polar surface area (TPSA) is 86.3 Å². The van der Waals surface area contributed by atoms with Gasteiger partial charge in [-0.3, -0.25) is 20.2 Å². The summed E-state index contributed by atoms with van der Waals surface area (Å²) in [5, 5.41) is 21.8. The third-order valence-electron chi connectivity index (χ3n) is 4.15. The number of nitro groups is 2. The molecule has 6 nitrogen and oxygen atoms in total. The van der Waals surface area contributed by atoms with Gasteiger partial charge in [0.05, 0.1) is 0 Å². The molecule has 6 heteroatoms. The van der Waals surface area contributed by atoms with Gasteiger partial charge in [0.1, 0.15) is 0 Å². The number of rotatable bonds is 2. The smallest absolute Gasteiger partial charge is 0.216 e. The summed E-state index contributed by atoms with van der Waals surface area (Å²) in [4.78, 5) is 21.4. The van der Waals surface area contributed by atoms with E-state index in [1.165, 1.54) is 0 Å². The van der Waals surface area contributed by atoms with Crippen molar-refractivity contribution in [2.45, 2.75) is 50.6 Å². The number of nitrogens with zero attached hydrogens (tertiary/aromatic N) is 2. The van der Waals surface area contributed by atoms with E-state index in [2.05, 4.69) is 0 Å². The van der Waals surface area contributed by atoms with E-state index in [4.69, 9.17) is 0 Å². The molecule has 2 fully saturated rings. The van der Waals surface area contributed by atoms with E-state index < -0.39 is 12.1 Å². The van der Waals surface area contributed by atoms with Crippen molar-refractivity contribution in [1.29, 1.82) is 0 Å². The molecular weight excluding hydrogens is 212 g/mol. The van der Waals surface area contributed by atoms with E-state index in [-0.39, 0.29) is 21.7 Å². The zero-order chi connectivity index (χ0) is 11.7. The summed E-state index contributed by atoms with van der Waals surface area (Å²) in [7, 11) is 0. The zero-order valence-corrected chi connectivity index (χ0v) is 9.08. The van der Waals surface area contributed by atoms with Gasteiger partial charge in [-0.25, -0.2) is 0 Å². The highest BCUT2D eigenvalue weighted by Gasteiger charge is 2.49. The van der Waals surface area contributed by atoms with Crippen molar-refractivity contribution in [2.24, 2.45) is 11.8 Å². The summed E-state index contributed by atoms with van der Waals surface area (Å²) in [5.41, 5.74) is 0. The van der Waals surface area contributed by atoms with E-state index in [1.54, 1.807) is 0 Å². The molecule has 4 atom stereocenters. The molecule has 2 aliphatic rings. The van der Waals surface area contributed by atoms with Crippen LogP contribution in [0, 0.1) is 32.1 Å². The monoisotopic (exact) mass is 228 g/mol. The molecule has 2 aliphatic carbocycles. The molecule has 0 aromatic heterocycles.